The van der Waals surface area contributed by atoms with Gasteiger partial charge in [0.25, 0.3) is 11.8 Å². The minimum Gasteiger partial charge on any atom is -0.450 e. The van der Waals surface area contributed by atoms with Crippen molar-refractivity contribution in [1.82, 2.24) is 10.2 Å². The van der Waals surface area contributed by atoms with Gasteiger partial charge in [0.1, 0.15) is 5.58 Å². The van der Waals surface area contributed by atoms with E-state index in [0.717, 1.165) is 16.7 Å². The summed E-state index contributed by atoms with van der Waals surface area (Å²) in [5.41, 5.74) is 1.85. The highest BCUT2D eigenvalue weighted by Crippen LogP contribution is 2.55. The molecule has 4 aromatic carbocycles. The quantitative estimate of drug-likeness (QED) is 0.136. The van der Waals surface area contributed by atoms with E-state index in [9.17, 15) is 9.59 Å². The van der Waals surface area contributed by atoms with Gasteiger partial charge in [-0.15, -0.1) is 10.2 Å². The number of hydrogen-bond acceptors (Lipinski definition) is 8. The Morgan fingerprint density at radius 2 is 1.67 bits per heavy atom. The number of hydrogen-bond donors (Lipinski definition) is 0. The van der Waals surface area contributed by atoms with Gasteiger partial charge in [-0.05, 0) is 48.4 Å². The first-order chi connectivity index (χ1) is 22.4. The first kappa shape index (κ1) is 28.7. The van der Waals surface area contributed by atoms with Gasteiger partial charge < -0.3 is 9.32 Å². The van der Waals surface area contributed by atoms with Crippen LogP contribution < -0.4 is 15.2 Å². The molecule has 0 saturated heterocycles. The summed E-state index contributed by atoms with van der Waals surface area (Å²) < 4.78 is 6.80. The van der Waals surface area contributed by atoms with Gasteiger partial charge in [0.05, 0.1) is 23.2 Å². The molecule has 1 spiro atoms. The van der Waals surface area contributed by atoms with Crippen LogP contribution >= 0.6 is 34.7 Å². The molecule has 46 heavy (non-hydrogen) atoms. The number of aromatic nitrogens is 2. The normalized spacial score (nSPS) is 16.9. The molecule has 0 saturated carbocycles. The summed E-state index contributed by atoms with van der Waals surface area (Å²) >= 11 is 8.80. The smallest absolute Gasteiger partial charge is 0.297 e. The number of halogens is 1. The van der Waals surface area contributed by atoms with Crippen LogP contribution in [-0.4, -0.2) is 22.0 Å². The van der Waals surface area contributed by atoms with Crippen LogP contribution in [0.15, 0.2) is 111 Å². The van der Waals surface area contributed by atoms with E-state index < -0.39 is 22.8 Å². The number of carbonyl (C=O) groups is 2. The van der Waals surface area contributed by atoms with Crippen LogP contribution in [0, 0.1) is 6.92 Å². The highest BCUT2D eigenvalue weighted by Gasteiger charge is 2.66. The van der Waals surface area contributed by atoms with Crippen LogP contribution in [0.5, 0.6) is 0 Å². The van der Waals surface area contributed by atoms with E-state index in [1.165, 1.54) is 28.0 Å². The Bertz CT molecular complexity index is 2270. The van der Waals surface area contributed by atoms with E-state index in [1.807, 2.05) is 79.7 Å². The third-order valence-electron chi connectivity index (χ3n) is 8.30. The van der Waals surface area contributed by atoms with Gasteiger partial charge in [0, 0.05) is 16.3 Å². The molecular formula is C35H23ClN4O4S2. The standard InChI is InChI=1S/C35H23ClN4O4S2/c1-20-14-15-27-24(16-20)29(41)28-30(44-27)31(42)40(33-37-38-34(46-33)45-19-22-10-7-11-23(36)17-22)35(28)25-12-5-6-13-26(25)39(32(35)43)18-21-8-3-2-4-9-21/h2-17H,18-19H2,1H3. The summed E-state index contributed by atoms with van der Waals surface area (Å²) in [6, 6.07) is 29.6. The molecule has 0 bridgehead atoms. The number of nitrogens with zero attached hydrogens (tertiary/aromatic N) is 4. The predicted molar refractivity (Wildman–Crippen MR) is 180 cm³/mol. The van der Waals surface area contributed by atoms with Crippen LogP contribution in [-0.2, 0) is 22.6 Å². The number of anilines is 2. The van der Waals surface area contributed by atoms with Crippen LogP contribution in [0.2, 0.25) is 5.02 Å². The topological polar surface area (TPSA) is 96.6 Å². The SMILES string of the molecule is Cc1ccc2oc3c(c(=O)c2c1)C1(C(=O)N(Cc2ccccc2)c2ccccc21)N(c1nnc(SCc2cccc(Cl)c2)s1)C3=O. The monoisotopic (exact) mass is 662 g/mol. The molecule has 8 rings (SSSR count). The van der Waals surface area contributed by atoms with Gasteiger partial charge in [0.15, 0.2) is 15.3 Å². The number of rotatable bonds is 6. The van der Waals surface area contributed by atoms with Crippen molar-refractivity contribution >= 4 is 68.3 Å². The van der Waals surface area contributed by atoms with Crippen molar-refractivity contribution in [3.63, 3.8) is 0 Å². The molecule has 226 valence electrons. The summed E-state index contributed by atoms with van der Waals surface area (Å²) in [5.74, 6) is -0.658. The molecule has 0 fully saturated rings. The molecule has 0 N–H and O–H groups in total. The Kier molecular flexibility index (Phi) is 6.82. The fourth-order valence-electron chi connectivity index (χ4n) is 6.32. The Morgan fingerprint density at radius 1 is 0.891 bits per heavy atom. The fourth-order valence-corrected chi connectivity index (χ4v) is 8.37. The number of amides is 2. The molecule has 11 heteroatoms. The molecule has 0 aliphatic carbocycles. The maximum absolute atomic E-state index is 15.1. The van der Waals surface area contributed by atoms with Gasteiger partial charge in [-0.2, -0.15) is 0 Å². The van der Waals surface area contributed by atoms with Crippen LogP contribution in [0.4, 0.5) is 10.8 Å². The lowest BCUT2D eigenvalue weighted by Gasteiger charge is -2.32. The highest BCUT2D eigenvalue weighted by atomic mass is 35.5. The van der Waals surface area contributed by atoms with Crippen LogP contribution in [0.1, 0.15) is 38.4 Å². The minimum absolute atomic E-state index is 0.00746. The van der Waals surface area contributed by atoms with E-state index in [4.69, 9.17) is 16.0 Å². The van der Waals surface area contributed by atoms with Gasteiger partial charge in [0.2, 0.25) is 10.9 Å². The van der Waals surface area contributed by atoms with E-state index in [0.29, 0.717) is 31.8 Å². The third-order valence-corrected chi connectivity index (χ3v) is 10.6. The van der Waals surface area contributed by atoms with Crippen molar-refractivity contribution in [1.29, 1.82) is 0 Å². The molecule has 6 aromatic rings. The summed E-state index contributed by atoms with van der Waals surface area (Å²) in [6.07, 6.45) is 0. The Morgan fingerprint density at radius 3 is 2.50 bits per heavy atom. The molecular weight excluding hydrogens is 640 g/mol. The second-order valence-corrected chi connectivity index (χ2v) is 13.8. The van der Waals surface area contributed by atoms with Gasteiger partial charge >= 0.3 is 0 Å². The molecule has 1 atom stereocenters. The zero-order valence-corrected chi connectivity index (χ0v) is 26.7. The third kappa shape index (κ3) is 4.32. The van der Waals surface area contributed by atoms with Crippen molar-refractivity contribution in [2.24, 2.45) is 0 Å². The molecule has 2 aliphatic heterocycles. The molecule has 2 amide bonds. The Balaban J connectivity index is 1.32. The van der Waals surface area contributed by atoms with Gasteiger partial charge in [-0.25, -0.2) is 0 Å². The first-order valence-electron chi connectivity index (χ1n) is 14.4. The number of para-hydroxylation sites is 1. The summed E-state index contributed by atoms with van der Waals surface area (Å²) in [7, 11) is 0. The van der Waals surface area contributed by atoms with Crippen molar-refractivity contribution in [2.75, 3.05) is 9.80 Å². The lowest BCUT2D eigenvalue weighted by atomic mass is 9.84. The number of benzene rings is 4. The molecule has 4 heterocycles. The number of aryl methyl sites for hydroxylation is 1. The van der Waals surface area contributed by atoms with Crippen molar-refractivity contribution < 1.29 is 14.0 Å². The van der Waals surface area contributed by atoms with Gasteiger partial charge in [-0.3, -0.25) is 19.3 Å². The Labute approximate surface area is 276 Å². The molecule has 8 nitrogen and oxygen atoms in total. The summed E-state index contributed by atoms with van der Waals surface area (Å²) in [5, 5.41) is 9.93. The summed E-state index contributed by atoms with van der Waals surface area (Å²) in [4.78, 5) is 47.1. The first-order valence-corrected chi connectivity index (χ1v) is 16.6. The average Bonchev–Trinajstić information content (AvgIpc) is 3.70. The second kappa shape index (κ2) is 10.9. The zero-order chi connectivity index (χ0) is 31.6. The predicted octanol–water partition coefficient (Wildman–Crippen LogP) is 7.35. The molecule has 0 radical (unpaired) electrons. The lowest BCUT2D eigenvalue weighted by molar-refractivity contribution is -0.121. The lowest BCUT2D eigenvalue weighted by Crippen LogP contribution is -2.53. The Hall–Kier alpha value is -4.77. The molecule has 2 aliphatic rings. The van der Waals surface area contributed by atoms with E-state index >= 15 is 4.79 Å². The van der Waals surface area contributed by atoms with Crippen molar-refractivity contribution in [3.8, 4) is 0 Å². The maximum Gasteiger partial charge on any atom is 0.297 e. The van der Waals surface area contributed by atoms with E-state index in [-0.39, 0.29) is 28.6 Å². The number of thioether (sulfide) groups is 1. The molecule has 1 unspecified atom stereocenters. The summed E-state index contributed by atoms with van der Waals surface area (Å²) in [6.45, 7) is 2.12. The van der Waals surface area contributed by atoms with Crippen LogP contribution in [0.25, 0.3) is 11.0 Å². The minimum atomic E-state index is -1.84. The maximum atomic E-state index is 15.1. The zero-order valence-electron chi connectivity index (χ0n) is 24.3. The second-order valence-electron chi connectivity index (χ2n) is 11.1. The fraction of sp³-hybridized carbons (Fsp3) is 0.114. The number of carbonyl (C=O) groups excluding carboxylic acids is 2. The van der Waals surface area contributed by atoms with E-state index in [2.05, 4.69) is 10.2 Å². The molecule has 2 aromatic heterocycles. The van der Waals surface area contributed by atoms with E-state index in [1.54, 1.807) is 29.2 Å². The average molecular weight is 663 g/mol. The van der Waals surface area contributed by atoms with Crippen molar-refractivity contribution in [2.45, 2.75) is 29.1 Å². The highest BCUT2D eigenvalue weighted by molar-refractivity contribution is 8.00. The van der Waals surface area contributed by atoms with Gasteiger partial charge in [-0.1, -0.05) is 107 Å². The van der Waals surface area contributed by atoms with Crippen molar-refractivity contribution in [3.05, 3.63) is 146 Å². The number of fused-ring (bicyclic) bond motifs is 5. The largest absolute Gasteiger partial charge is 0.450 e. The van der Waals surface area contributed by atoms with Crippen LogP contribution in [0.3, 0.4) is 0 Å².